The number of hydrogen-bond acceptors (Lipinski definition) is 4. The summed E-state index contributed by atoms with van der Waals surface area (Å²) >= 11 is 1.41. The van der Waals surface area contributed by atoms with Crippen molar-refractivity contribution in [3.8, 4) is 5.75 Å². The Morgan fingerprint density at radius 1 is 1.56 bits per heavy atom. The van der Waals surface area contributed by atoms with Gasteiger partial charge in [-0.05, 0) is 19.1 Å². The van der Waals surface area contributed by atoms with Gasteiger partial charge in [0.15, 0.2) is 0 Å². The third-order valence-corrected chi connectivity index (χ3v) is 3.25. The van der Waals surface area contributed by atoms with Gasteiger partial charge in [0.05, 0.1) is 6.54 Å². The van der Waals surface area contributed by atoms with E-state index in [-0.39, 0.29) is 17.9 Å². The topological polar surface area (TPSA) is 62.2 Å². The second kappa shape index (κ2) is 5.14. The number of carbonyl (C=O) groups excluding carboxylic acids is 1. The molecule has 0 bridgehead atoms. The predicted octanol–water partition coefficient (Wildman–Crippen LogP) is 2.23. The average molecular weight is 266 g/mol. The highest BCUT2D eigenvalue weighted by molar-refractivity contribution is 7.09. The van der Waals surface area contributed by atoms with E-state index in [0.29, 0.717) is 0 Å². The van der Waals surface area contributed by atoms with Gasteiger partial charge in [0.25, 0.3) is 5.91 Å². The number of phenolic OH excluding ortho intramolecular Hbond substituents is 1. The monoisotopic (exact) mass is 266 g/mol. The van der Waals surface area contributed by atoms with E-state index in [2.05, 4.69) is 10.3 Å². The summed E-state index contributed by atoms with van der Waals surface area (Å²) < 4.78 is 13.4. The van der Waals surface area contributed by atoms with Crippen LogP contribution in [0.3, 0.4) is 0 Å². The Morgan fingerprint density at radius 3 is 2.94 bits per heavy atom. The summed E-state index contributed by atoms with van der Waals surface area (Å²) in [6, 6.07) is 3.74. The fourth-order valence-electron chi connectivity index (χ4n) is 1.47. The molecule has 6 heteroatoms. The molecule has 18 heavy (non-hydrogen) atoms. The molecule has 0 radical (unpaired) electrons. The van der Waals surface area contributed by atoms with Crippen LogP contribution in [0, 0.1) is 12.7 Å². The summed E-state index contributed by atoms with van der Waals surface area (Å²) in [7, 11) is 0. The van der Waals surface area contributed by atoms with Gasteiger partial charge in [-0.2, -0.15) is 0 Å². The van der Waals surface area contributed by atoms with Crippen LogP contribution in [0.1, 0.15) is 21.1 Å². The van der Waals surface area contributed by atoms with E-state index in [1.54, 1.807) is 0 Å². The highest BCUT2D eigenvalue weighted by atomic mass is 32.1. The van der Waals surface area contributed by atoms with E-state index in [4.69, 9.17) is 0 Å². The first-order chi connectivity index (χ1) is 8.58. The van der Waals surface area contributed by atoms with Crippen LogP contribution in [0.5, 0.6) is 5.75 Å². The van der Waals surface area contributed by atoms with E-state index < -0.39 is 11.7 Å². The van der Waals surface area contributed by atoms with Crippen molar-refractivity contribution >= 4 is 17.2 Å². The lowest BCUT2D eigenvalue weighted by molar-refractivity contribution is 0.0944. The molecular weight excluding hydrogens is 255 g/mol. The molecule has 1 aromatic heterocycles. The Labute approximate surface area is 107 Å². The molecule has 0 aliphatic carbocycles. The van der Waals surface area contributed by atoms with Crippen molar-refractivity contribution in [3.63, 3.8) is 0 Å². The molecule has 1 heterocycles. The number of aryl methyl sites for hydroxylation is 1. The first-order valence-corrected chi connectivity index (χ1v) is 6.12. The van der Waals surface area contributed by atoms with Crippen LogP contribution in [-0.2, 0) is 6.54 Å². The van der Waals surface area contributed by atoms with Gasteiger partial charge in [-0.15, -0.1) is 11.3 Å². The second-order valence-electron chi connectivity index (χ2n) is 3.70. The van der Waals surface area contributed by atoms with Gasteiger partial charge in [0.2, 0.25) is 0 Å². The number of nitrogens with one attached hydrogen (secondary N) is 1. The van der Waals surface area contributed by atoms with Gasteiger partial charge in [0, 0.05) is 11.1 Å². The van der Waals surface area contributed by atoms with E-state index in [0.717, 1.165) is 16.8 Å². The van der Waals surface area contributed by atoms with E-state index >= 15 is 0 Å². The predicted molar refractivity (Wildman–Crippen MR) is 66.1 cm³/mol. The number of nitrogens with zero attached hydrogens (tertiary/aromatic N) is 1. The maximum absolute atomic E-state index is 13.4. The molecule has 0 saturated heterocycles. The Morgan fingerprint density at radius 2 is 2.33 bits per heavy atom. The third kappa shape index (κ3) is 2.65. The van der Waals surface area contributed by atoms with Crippen LogP contribution in [0.2, 0.25) is 0 Å². The summed E-state index contributed by atoms with van der Waals surface area (Å²) in [6.45, 7) is 2.07. The number of amides is 1. The molecule has 1 amide bonds. The zero-order chi connectivity index (χ0) is 13.1. The Bertz CT molecular complexity index is 563. The minimum atomic E-state index is -0.747. The Balaban J connectivity index is 2.08. The molecule has 1 aromatic carbocycles. The van der Waals surface area contributed by atoms with E-state index in [9.17, 15) is 14.3 Å². The van der Waals surface area contributed by atoms with Gasteiger partial charge in [-0.1, -0.05) is 6.07 Å². The number of aromatic hydroxyl groups is 1. The van der Waals surface area contributed by atoms with Crippen molar-refractivity contribution in [3.05, 3.63) is 45.7 Å². The standard InChI is InChI=1S/C12H11FN2O2S/c1-7-6-18-10(15-7)5-14-12(17)11-8(13)3-2-4-9(11)16/h2-4,6,16H,5H2,1H3,(H,14,17). The van der Waals surface area contributed by atoms with Gasteiger partial charge in [-0.25, -0.2) is 9.37 Å². The van der Waals surface area contributed by atoms with E-state index in [1.807, 2.05) is 12.3 Å². The van der Waals surface area contributed by atoms with E-state index in [1.165, 1.54) is 23.5 Å². The average Bonchev–Trinajstić information content (AvgIpc) is 2.72. The maximum Gasteiger partial charge on any atom is 0.258 e. The van der Waals surface area contributed by atoms with Gasteiger partial charge in [0.1, 0.15) is 22.1 Å². The lowest BCUT2D eigenvalue weighted by Crippen LogP contribution is -2.23. The van der Waals surface area contributed by atoms with Crippen molar-refractivity contribution in [2.75, 3.05) is 0 Å². The highest BCUT2D eigenvalue weighted by Crippen LogP contribution is 2.19. The number of aromatic nitrogens is 1. The van der Waals surface area contributed by atoms with Crippen molar-refractivity contribution in [1.82, 2.24) is 10.3 Å². The molecule has 0 atom stereocenters. The molecule has 0 aliphatic rings. The molecular formula is C12H11FN2O2S. The summed E-state index contributed by atoms with van der Waals surface area (Å²) in [5, 5.41) is 14.6. The minimum Gasteiger partial charge on any atom is -0.507 e. The number of phenols is 1. The summed E-state index contributed by atoms with van der Waals surface area (Å²) in [4.78, 5) is 15.9. The fraction of sp³-hybridized carbons (Fsp3) is 0.167. The number of rotatable bonds is 3. The lowest BCUT2D eigenvalue weighted by atomic mass is 10.2. The van der Waals surface area contributed by atoms with Crippen LogP contribution in [0.15, 0.2) is 23.6 Å². The van der Waals surface area contributed by atoms with Crippen molar-refractivity contribution < 1.29 is 14.3 Å². The van der Waals surface area contributed by atoms with Crippen LogP contribution < -0.4 is 5.32 Å². The molecule has 2 rings (SSSR count). The molecule has 2 aromatic rings. The molecule has 4 nitrogen and oxygen atoms in total. The molecule has 0 fully saturated rings. The van der Waals surface area contributed by atoms with Crippen LogP contribution >= 0.6 is 11.3 Å². The SMILES string of the molecule is Cc1csc(CNC(=O)c2c(O)cccc2F)n1. The molecule has 0 spiro atoms. The van der Waals surface area contributed by atoms with Crippen molar-refractivity contribution in [2.45, 2.75) is 13.5 Å². The summed E-state index contributed by atoms with van der Waals surface area (Å²) in [6.07, 6.45) is 0. The third-order valence-electron chi connectivity index (χ3n) is 2.29. The number of hydrogen-bond donors (Lipinski definition) is 2. The zero-order valence-corrected chi connectivity index (χ0v) is 10.4. The normalized spacial score (nSPS) is 10.3. The van der Waals surface area contributed by atoms with Crippen LogP contribution in [0.25, 0.3) is 0 Å². The van der Waals surface area contributed by atoms with Crippen LogP contribution in [-0.4, -0.2) is 16.0 Å². The second-order valence-corrected chi connectivity index (χ2v) is 4.64. The number of carbonyl (C=O) groups is 1. The first kappa shape index (κ1) is 12.5. The summed E-state index contributed by atoms with van der Waals surface area (Å²) in [5.74, 6) is -1.77. The number of thiazole rings is 1. The number of halogens is 1. The summed E-state index contributed by atoms with van der Waals surface area (Å²) in [5.41, 5.74) is 0.531. The molecule has 0 saturated carbocycles. The van der Waals surface area contributed by atoms with Gasteiger partial charge >= 0.3 is 0 Å². The smallest absolute Gasteiger partial charge is 0.258 e. The Hall–Kier alpha value is -1.95. The first-order valence-electron chi connectivity index (χ1n) is 5.24. The lowest BCUT2D eigenvalue weighted by Gasteiger charge is -2.06. The molecule has 0 aliphatic heterocycles. The minimum absolute atomic E-state index is 0.213. The van der Waals surface area contributed by atoms with Crippen LogP contribution in [0.4, 0.5) is 4.39 Å². The largest absolute Gasteiger partial charge is 0.507 e. The quantitative estimate of drug-likeness (QED) is 0.895. The molecule has 0 unspecified atom stereocenters. The van der Waals surface area contributed by atoms with Crippen molar-refractivity contribution in [2.24, 2.45) is 0 Å². The Kier molecular flexibility index (Phi) is 3.57. The highest BCUT2D eigenvalue weighted by Gasteiger charge is 2.16. The molecule has 94 valence electrons. The van der Waals surface area contributed by atoms with Gasteiger partial charge < -0.3 is 10.4 Å². The number of benzene rings is 1. The van der Waals surface area contributed by atoms with Crippen molar-refractivity contribution in [1.29, 1.82) is 0 Å². The zero-order valence-electron chi connectivity index (χ0n) is 9.61. The molecule has 2 N–H and O–H groups in total. The fourth-order valence-corrected chi connectivity index (χ4v) is 2.18. The maximum atomic E-state index is 13.4. The van der Waals surface area contributed by atoms with Gasteiger partial charge in [-0.3, -0.25) is 4.79 Å².